The molecule has 0 spiro atoms. The number of nitrogens with zero attached hydrogens (tertiary/aromatic N) is 1. The van der Waals surface area contributed by atoms with Crippen LogP contribution in [0.25, 0.3) is 0 Å². The smallest absolute Gasteiger partial charge is 0.267 e. The summed E-state index contributed by atoms with van der Waals surface area (Å²) in [6.45, 7) is 12.3. The Hall–Kier alpha value is -1.64. The van der Waals surface area contributed by atoms with Crippen molar-refractivity contribution in [1.82, 2.24) is 5.43 Å². The zero-order valence-electron chi connectivity index (χ0n) is 12.8. The highest BCUT2D eigenvalue weighted by molar-refractivity contribution is 5.97. The maximum absolute atomic E-state index is 12.1. The Bertz CT molecular complexity index is 496. The van der Waals surface area contributed by atoms with E-state index in [9.17, 15) is 4.79 Å². The van der Waals surface area contributed by atoms with Crippen molar-refractivity contribution in [2.45, 2.75) is 48.0 Å². The average molecular weight is 260 g/mol. The SMILES string of the molecule is CCC(=NNC(=O)c1cccc(C)c1C)C(C)(C)C. The summed E-state index contributed by atoms with van der Waals surface area (Å²) in [4.78, 5) is 12.1. The lowest BCUT2D eigenvalue weighted by Gasteiger charge is -2.20. The minimum Gasteiger partial charge on any atom is -0.267 e. The number of hydrogen-bond donors (Lipinski definition) is 1. The maximum Gasteiger partial charge on any atom is 0.271 e. The molecule has 1 rings (SSSR count). The number of rotatable bonds is 3. The molecular formula is C16H24N2O. The number of aryl methyl sites for hydroxylation is 1. The molecule has 0 fully saturated rings. The molecule has 0 aromatic heterocycles. The van der Waals surface area contributed by atoms with E-state index in [1.807, 2.05) is 39.0 Å². The Morgan fingerprint density at radius 3 is 2.42 bits per heavy atom. The number of carbonyl (C=O) groups is 1. The molecule has 0 aliphatic heterocycles. The molecular weight excluding hydrogens is 236 g/mol. The molecule has 0 bridgehead atoms. The van der Waals surface area contributed by atoms with Crippen LogP contribution in [0, 0.1) is 19.3 Å². The molecule has 0 saturated carbocycles. The summed E-state index contributed by atoms with van der Waals surface area (Å²) in [6, 6.07) is 5.73. The average Bonchev–Trinajstić information content (AvgIpc) is 2.31. The monoisotopic (exact) mass is 260 g/mol. The molecule has 19 heavy (non-hydrogen) atoms. The first-order chi connectivity index (χ1) is 8.77. The highest BCUT2D eigenvalue weighted by Crippen LogP contribution is 2.18. The highest BCUT2D eigenvalue weighted by Gasteiger charge is 2.18. The van der Waals surface area contributed by atoms with Gasteiger partial charge in [-0.2, -0.15) is 5.10 Å². The molecule has 1 N–H and O–H groups in total. The Kier molecular flexibility index (Phi) is 4.87. The van der Waals surface area contributed by atoms with Crippen molar-refractivity contribution in [3.63, 3.8) is 0 Å². The van der Waals surface area contributed by atoms with Crippen LogP contribution in [0.1, 0.15) is 55.6 Å². The van der Waals surface area contributed by atoms with E-state index in [1.165, 1.54) is 0 Å². The van der Waals surface area contributed by atoms with Crippen molar-refractivity contribution in [2.24, 2.45) is 10.5 Å². The van der Waals surface area contributed by atoms with E-state index in [1.54, 1.807) is 0 Å². The van der Waals surface area contributed by atoms with Crippen LogP contribution in [0.5, 0.6) is 0 Å². The molecule has 0 radical (unpaired) electrons. The van der Waals surface area contributed by atoms with Gasteiger partial charge in [-0.05, 0) is 37.5 Å². The molecule has 0 unspecified atom stereocenters. The summed E-state index contributed by atoms with van der Waals surface area (Å²) in [5.41, 5.74) is 6.45. The van der Waals surface area contributed by atoms with Crippen molar-refractivity contribution in [3.05, 3.63) is 34.9 Å². The molecule has 0 aliphatic rings. The molecule has 1 aromatic carbocycles. The van der Waals surface area contributed by atoms with Gasteiger partial charge in [-0.25, -0.2) is 5.43 Å². The van der Waals surface area contributed by atoms with Gasteiger partial charge in [-0.3, -0.25) is 4.79 Å². The fraction of sp³-hybridized carbons (Fsp3) is 0.500. The van der Waals surface area contributed by atoms with Crippen molar-refractivity contribution in [2.75, 3.05) is 0 Å². The van der Waals surface area contributed by atoms with Gasteiger partial charge < -0.3 is 0 Å². The van der Waals surface area contributed by atoms with Gasteiger partial charge in [-0.15, -0.1) is 0 Å². The van der Waals surface area contributed by atoms with Gasteiger partial charge in [0.05, 0.1) is 0 Å². The lowest BCUT2D eigenvalue weighted by molar-refractivity contribution is 0.0953. The second-order valence-electron chi connectivity index (χ2n) is 5.85. The van der Waals surface area contributed by atoms with Crippen LogP contribution < -0.4 is 5.43 Å². The number of carbonyl (C=O) groups excluding carboxylic acids is 1. The summed E-state index contributed by atoms with van der Waals surface area (Å²) in [7, 11) is 0. The molecule has 1 amide bonds. The van der Waals surface area contributed by atoms with Crippen molar-refractivity contribution >= 4 is 11.6 Å². The molecule has 0 atom stereocenters. The molecule has 0 heterocycles. The second kappa shape index (κ2) is 6.00. The van der Waals surface area contributed by atoms with Crippen LogP contribution in [0.3, 0.4) is 0 Å². The molecule has 3 heteroatoms. The summed E-state index contributed by atoms with van der Waals surface area (Å²) >= 11 is 0. The standard InChI is InChI=1S/C16H24N2O/c1-7-14(16(4,5)6)17-18-15(19)13-10-8-9-11(2)12(13)3/h8-10H,7H2,1-6H3,(H,18,19). The number of amides is 1. The maximum atomic E-state index is 12.1. The van der Waals surface area contributed by atoms with Crippen LogP contribution in [-0.4, -0.2) is 11.6 Å². The van der Waals surface area contributed by atoms with E-state index in [2.05, 4.69) is 31.3 Å². The summed E-state index contributed by atoms with van der Waals surface area (Å²) in [5.74, 6) is -0.142. The fourth-order valence-electron chi connectivity index (χ4n) is 1.95. The number of benzene rings is 1. The van der Waals surface area contributed by atoms with Crippen molar-refractivity contribution in [3.8, 4) is 0 Å². The Morgan fingerprint density at radius 1 is 1.26 bits per heavy atom. The Labute approximate surface area is 116 Å². The summed E-state index contributed by atoms with van der Waals surface area (Å²) in [5, 5.41) is 4.28. The van der Waals surface area contributed by atoms with Gasteiger partial charge in [0.2, 0.25) is 0 Å². The predicted molar refractivity (Wildman–Crippen MR) is 80.6 cm³/mol. The topological polar surface area (TPSA) is 41.5 Å². The van der Waals surface area contributed by atoms with Crippen LogP contribution in [0.4, 0.5) is 0 Å². The van der Waals surface area contributed by atoms with E-state index in [0.717, 1.165) is 23.3 Å². The zero-order chi connectivity index (χ0) is 14.6. The second-order valence-corrected chi connectivity index (χ2v) is 5.85. The van der Waals surface area contributed by atoms with Gasteiger partial charge in [-0.1, -0.05) is 39.8 Å². The van der Waals surface area contributed by atoms with Crippen LogP contribution in [-0.2, 0) is 0 Å². The largest absolute Gasteiger partial charge is 0.271 e. The molecule has 1 aromatic rings. The third-order valence-corrected chi connectivity index (χ3v) is 3.34. The minimum absolute atomic E-state index is 0.0241. The first-order valence-corrected chi connectivity index (χ1v) is 6.71. The van der Waals surface area contributed by atoms with E-state index in [0.29, 0.717) is 5.56 Å². The number of hydrazone groups is 1. The summed E-state index contributed by atoms with van der Waals surface area (Å²) in [6.07, 6.45) is 0.830. The predicted octanol–water partition coefficient (Wildman–Crippen LogP) is 3.85. The minimum atomic E-state index is -0.142. The lowest BCUT2D eigenvalue weighted by Crippen LogP contribution is -2.26. The van der Waals surface area contributed by atoms with Crippen LogP contribution in [0.15, 0.2) is 23.3 Å². The van der Waals surface area contributed by atoms with E-state index >= 15 is 0 Å². The highest BCUT2D eigenvalue weighted by atomic mass is 16.2. The van der Waals surface area contributed by atoms with Gasteiger partial charge in [0.1, 0.15) is 0 Å². The Balaban J connectivity index is 2.92. The molecule has 3 nitrogen and oxygen atoms in total. The van der Waals surface area contributed by atoms with Crippen molar-refractivity contribution < 1.29 is 4.79 Å². The first kappa shape index (κ1) is 15.4. The third kappa shape index (κ3) is 3.91. The molecule has 0 saturated heterocycles. The van der Waals surface area contributed by atoms with Crippen LogP contribution in [0.2, 0.25) is 0 Å². The first-order valence-electron chi connectivity index (χ1n) is 6.71. The number of hydrogen-bond acceptors (Lipinski definition) is 2. The van der Waals surface area contributed by atoms with Gasteiger partial charge >= 0.3 is 0 Å². The van der Waals surface area contributed by atoms with E-state index in [-0.39, 0.29) is 11.3 Å². The fourth-order valence-corrected chi connectivity index (χ4v) is 1.95. The quantitative estimate of drug-likeness (QED) is 0.651. The lowest BCUT2D eigenvalue weighted by atomic mass is 9.88. The molecule has 104 valence electrons. The zero-order valence-corrected chi connectivity index (χ0v) is 12.8. The van der Waals surface area contributed by atoms with E-state index < -0.39 is 0 Å². The van der Waals surface area contributed by atoms with Crippen LogP contribution >= 0.6 is 0 Å². The van der Waals surface area contributed by atoms with Crippen molar-refractivity contribution in [1.29, 1.82) is 0 Å². The Morgan fingerprint density at radius 2 is 1.89 bits per heavy atom. The number of nitrogens with one attached hydrogen (secondary N) is 1. The third-order valence-electron chi connectivity index (χ3n) is 3.34. The van der Waals surface area contributed by atoms with E-state index in [4.69, 9.17) is 0 Å². The molecule has 0 aliphatic carbocycles. The van der Waals surface area contributed by atoms with Gasteiger partial charge in [0, 0.05) is 16.7 Å². The van der Waals surface area contributed by atoms with Gasteiger partial charge in [0.15, 0.2) is 0 Å². The van der Waals surface area contributed by atoms with Gasteiger partial charge in [0.25, 0.3) is 5.91 Å². The summed E-state index contributed by atoms with van der Waals surface area (Å²) < 4.78 is 0. The normalized spacial score (nSPS) is 12.4.